The van der Waals surface area contributed by atoms with Crippen LogP contribution in [0.1, 0.15) is 33.6 Å². The Kier molecular flexibility index (Phi) is 6.27. The third-order valence-electron chi connectivity index (χ3n) is 2.55. The Labute approximate surface area is 91.4 Å². The fourth-order valence-electron chi connectivity index (χ4n) is 1.21. The molecule has 15 heavy (non-hydrogen) atoms. The number of aliphatic hydroxyl groups excluding tert-OH is 1. The van der Waals surface area contributed by atoms with E-state index in [1.54, 1.807) is 0 Å². The van der Waals surface area contributed by atoms with E-state index in [9.17, 15) is 0 Å². The Bertz CT molecular complexity index is 205. The first-order valence-corrected chi connectivity index (χ1v) is 5.26. The third-order valence-corrected chi connectivity index (χ3v) is 2.55. The molecule has 0 fully saturated rings. The zero-order valence-electron chi connectivity index (χ0n) is 9.82. The summed E-state index contributed by atoms with van der Waals surface area (Å²) in [4.78, 5) is 0. The van der Waals surface area contributed by atoms with Gasteiger partial charge in [-0.05, 0) is 26.3 Å². The molecule has 0 aromatic rings. The quantitative estimate of drug-likeness (QED) is 0.164. The molecule has 0 aromatic carbocycles. The molecule has 0 aliphatic heterocycles. The zero-order chi connectivity index (χ0) is 11.9. The molecule has 5 N–H and O–H groups in total. The highest BCUT2D eigenvalue weighted by Gasteiger charge is 2.22. The van der Waals surface area contributed by atoms with Gasteiger partial charge < -0.3 is 21.4 Å². The number of amidine groups is 1. The first-order chi connectivity index (χ1) is 6.94. The van der Waals surface area contributed by atoms with Crippen LogP contribution in [0.4, 0.5) is 0 Å². The predicted molar refractivity (Wildman–Crippen MR) is 61.0 cm³/mol. The summed E-state index contributed by atoms with van der Waals surface area (Å²) in [6, 6.07) is 0.122. The highest BCUT2D eigenvalue weighted by molar-refractivity contribution is 5.85. The van der Waals surface area contributed by atoms with E-state index in [4.69, 9.17) is 16.0 Å². The lowest BCUT2D eigenvalue weighted by atomic mass is 9.86. The number of rotatable bonds is 7. The second-order valence-electron chi connectivity index (χ2n) is 4.51. The third kappa shape index (κ3) is 5.59. The fraction of sp³-hybridized carbons (Fsp3) is 0.900. The Balaban J connectivity index is 3.76. The summed E-state index contributed by atoms with van der Waals surface area (Å²) in [6.45, 7) is 6.78. The van der Waals surface area contributed by atoms with Crippen molar-refractivity contribution in [2.45, 2.75) is 39.7 Å². The van der Waals surface area contributed by atoms with Gasteiger partial charge in [0.2, 0.25) is 0 Å². The van der Waals surface area contributed by atoms with E-state index in [0.717, 1.165) is 19.4 Å². The maximum atomic E-state index is 8.79. The fourth-order valence-corrected chi connectivity index (χ4v) is 1.21. The van der Waals surface area contributed by atoms with Crippen molar-refractivity contribution in [1.29, 1.82) is 0 Å². The number of nitrogens with zero attached hydrogens (tertiary/aromatic N) is 1. The van der Waals surface area contributed by atoms with E-state index in [1.807, 2.05) is 20.8 Å². The summed E-state index contributed by atoms with van der Waals surface area (Å²) in [5.41, 5.74) is 5.28. The van der Waals surface area contributed by atoms with Gasteiger partial charge in [-0.3, -0.25) is 0 Å². The van der Waals surface area contributed by atoms with E-state index >= 15 is 0 Å². The van der Waals surface area contributed by atoms with Gasteiger partial charge in [0, 0.05) is 11.5 Å². The Morgan fingerprint density at radius 1 is 1.53 bits per heavy atom. The van der Waals surface area contributed by atoms with Crippen LogP contribution in [0, 0.1) is 5.41 Å². The van der Waals surface area contributed by atoms with Crippen LogP contribution < -0.4 is 11.1 Å². The van der Waals surface area contributed by atoms with Gasteiger partial charge in [-0.15, -0.1) is 0 Å². The minimum absolute atomic E-state index is 0.122. The van der Waals surface area contributed by atoms with Crippen LogP contribution in [-0.4, -0.2) is 35.3 Å². The molecular formula is C10H23N3O2. The van der Waals surface area contributed by atoms with E-state index in [0.29, 0.717) is 0 Å². The molecule has 0 aliphatic carbocycles. The minimum Gasteiger partial charge on any atom is -0.409 e. The van der Waals surface area contributed by atoms with Crippen LogP contribution in [-0.2, 0) is 0 Å². The molecular weight excluding hydrogens is 194 g/mol. The van der Waals surface area contributed by atoms with Gasteiger partial charge in [0.15, 0.2) is 0 Å². The molecule has 0 saturated heterocycles. The second kappa shape index (κ2) is 6.63. The SMILES string of the molecule is CC(CO)NCCCC(C)(C)C(N)=NO. The van der Waals surface area contributed by atoms with Crippen LogP contribution >= 0.6 is 0 Å². The number of aliphatic hydroxyl groups is 1. The Morgan fingerprint density at radius 3 is 2.60 bits per heavy atom. The largest absolute Gasteiger partial charge is 0.409 e. The lowest BCUT2D eigenvalue weighted by Gasteiger charge is -2.23. The molecule has 1 atom stereocenters. The van der Waals surface area contributed by atoms with Gasteiger partial charge in [-0.2, -0.15) is 0 Å². The van der Waals surface area contributed by atoms with Crippen LogP contribution in [0.2, 0.25) is 0 Å². The first-order valence-electron chi connectivity index (χ1n) is 5.26. The van der Waals surface area contributed by atoms with Crippen molar-refractivity contribution in [3.63, 3.8) is 0 Å². The molecule has 0 aliphatic rings. The standard InChI is InChI=1S/C10H23N3O2/c1-8(7-14)12-6-4-5-10(2,3)9(11)13-15/h8,12,14-15H,4-7H2,1-3H3,(H2,11,13). The van der Waals surface area contributed by atoms with Gasteiger partial charge in [-0.1, -0.05) is 19.0 Å². The van der Waals surface area contributed by atoms with Gasteiger partial charge in [0.1, 0.15) is 5.84 Å². The van der Waals surface area contributed by atoms with Crippen LogP contribution in [0.25, 0.3) is 0 Å². The number of oxime groups is 1. The van der Waals surface area contributed by atoms with Crippen molar-refractivity contribution in [3.8, 4) is 0 Å². The molecule has 0 radical (unpaired) electrons. The minimum atomic E-state index is -0.279. The first kappa shape index (κ1) is 14.2. The molecule has 90 valence electrons. The molecule has 5 nitrogen and oxygen atoms in total. The van der Waals surface area contributed by atoms with Crippen molar-refractivity contribution in [3.05, 3.63) is 0 Å². The highest BCUT2D eigenvalue weighted by atomic mass is 16.4. The topological polar surface area (TPSA) is 90.9 Å². The normalized spacial score (nSPS) is 15.3. The number of nitrogens with one attached hydrogen (secondary N) is 1. The van der Waals surface area contributed by atoms with Gasteiger partial charge in [0.25, 0.3) is 0 Å². The monoisotopic (exact) mass is 217 g/mol. The van der Waals surface area contributed by atoms with Crippen LogP contribution in [0.3, 0.4) is 0 Å². The molecule has 0 amide bonds. The Hall–Kier alpha value is -0.810. The van der Waals surface area contributed by atoms with E-state index in [-0.39, 0.29) is 23.9 Å². The van der Waals surface area contributed by atoms with Crippen molar-refractivity contribution in [1.82, 2.24) is 5.32 Å². The summed E-state index contributed by atoms with van der Waals surface area (Å²) in [5.74, 6) is 0.262. The predicted octanol–water partition coefficient (Wildman–Crippen LogP) is 0.510. The maximum absolute atomic E-state index is 8.79. The molecule has 0 rings (SSSR count). The van der Waals surface area contributed by atoms with Crippen molar-refractivity contribution < 1.29 is 10.3 Å². The lowest BCUT2D eigenvalue weighted by molar-refractivity contribution is 0.250. The van der Waals surface area contributed by atoms with Gasteiger partial charge in [0.05, 0.1) is 6.61 Å². The smallest absolute Gasteiger partial charge is 0.144 e. The molecule has 0 spiro atoms. The second-order valence-corrected chi connectivity index (χ2v) is 4.51. The summed E-state index contributed by atoms with van der Waals surface area (Å²) in [7, 11) is 0. The summed E-state index contributed by atoms with van der Waals surface area (Å²) in [5, 5.41) is 23.5. The van der Waals surface area contributed by atoms with Crippen LogP contribution in [0.5, 0.6) is 0 Å². The lowest BCUT2D eigenvalue weighted by Crippen LogP contribution is -2.34. The van der Waals surface area contributed by atoms with Crippen LogP contribution in [0.15, 0.2) is 5.16 Å². The molecule has 0 bridgehead atoms. The van der Waals surface area contributed by atoms with Crippen molar-refractivity contribution in [2.24, 2.45) is 16.3 Å². The summed E-state index contributed by atoms with van der Waals surface area (Å²) in [6.07, 6.45) is 1.77. The molecule has 0 aromatic heterocycles. The number of hydrogen-bond acceptors (Lipinski definition) is 4. The molecule has 0 heterocycles. The summed E-state index contributed by atoms with van der Waals surface area (Å²) < 4.78 is 0. The maximum Gasteiger partial charge on any atom is 0.144 e. The van der Waals surface area contributed by atoms with E-state index < -0.39 is 0 Å². The summed E-state index contributed by atoms with van der Waals surface area (Å²) >= 11 is 0. The average molecular weight is 217 g/mol. The average Bonchev–Trinajstić information content (AvgIpc) is 2.22. The molecule has 0 saturated carbocycles. The number of hydrogen-bond donors (Lipinski definition) is 4. The van der Waals surface area contributed by atoms with Gasteiger partial charge in [-0.25, -0.2) is 0 Å². The van der Waals surface area contributed by atoms with Crippen molar-refractivity contribution >= 4 is 5.84 Å². The molecule has 5 heteroatoms. The highest BCUT2D eigenvalue weighted by Crippen LogP contribution is 2.21. The molecule has 1 unspecified atom stereocenters. The van der Waals surface area contributed by atoms with E-state index in [1.165, 1.54) is 0 Å². The zero-order valence-corrected chi connectivity index (χ0v) is 9.82. The Morgan fingerprint density at radius 2 is 2.13 bits per heavy atom. The number of nitrogens with two attached hydrogens (primary N) is 1. The van der Waals surface area contributed by atoms with Crippen molar-refractivity contribution in [2.75, 3.05) is 13.2 Å². The van der Waals surface area contributed by atoms with Gasteiger partial charge >= 0.3 is 0 Å². The van der Waals surface area contributed by atoms with E-state index in [2.05, 4.69) is 10.5 Å².